The molecule has 2 aromatic rings. The molecule has 160 valence electrons. The third kappa shape index (κ3) is 3.70. The molecule has 2 atom stereocenters. The van der Waals surface area contributed by atoms with Gasteiger partial charge in [0.15, 0.2) is 16.9 Å². The zero-order chi connectivity index (χ0) is 21.3. The molecule has 1 fully saturated rings. The van der Waals surface area contributed by atoms with Crippen molar-refractivity contribution in [1.29, 1.82) is 0 Å². The van der Waals surface area contributed by atoms with Crippen LogP contribution in [-0.2, 0) is 4.74 Å². The summed E-state index contributed by atoms with van der Waals surface area (Å²) < 4.78 is 18.6. The van der Waals surface area contributed by atoms with E-state index in [1.54, 1.807) is 14.2 Å². The molecule has 2 aliphatic heterocycles. The summed E-state index contributed by atoms with van der Waals surface area (Å²) >= 11 is 1.89. The van der Waals surface area contributed by atoms with E-state index in [-0.39, 0.29) is 17.5 Å². The Kier molecular flexibility index (Phi) is 6.06. The first kappa shape index (κ1) is 20.8. The number of ether oxygens (including phenoxy) is 3. The monoisotopic (exact) mass is 431 g/mol. The summed E-state index contributed by atoms with van der Waals surface area (Å²) in [6, 6.07) is 5.49. The minimum absolute atomic E-state index is 0.113. The fourth-order valence-corrected chi connectivity index (χ4v) is 5.55. The van der Waals surface area contributed by atoms with Crippen LogP contribution in [0.4, 0.5) is 0 Å². The van der Waals surface area contributed by atoms with Gasteiger partial charge in [0, 0.05) is 55.7 Å². The molecule has 0 unspecified atom stereocenters. The molecule has 0 saturated carbocycles. The molecule has 7 nitrogen and oxygen atoms in total. The molecule has 0 spiro atoms. The molecule has 8 heteroatoms. The van der Waals surface area contributed by atoms with Gasteiger partial charge in [-0.3, -0.25) is 4.79 Å². The van der Waals surface area contributed by atoms with E-state index in [2.05, 4.69) is 0 Å². The molecule has 2 aliphatic rings. The van der Waals surface area contributed by atoms with Crippen LogP contribution < -0.4 is 14.9 Å². The molecule has 3 heterocycles. The number of thioether (sulfide) groups is 1. The van der Waals surface area contributed by atoms with Crippen LogP contribution in [0.5, 0.6) is 11.5 Å². The van der Waals surface area contributed by atoms with Gasteiger partial charge < -0.3 is 23.9 Å². The topological polar surface area (TPSA) is 87.0 Å². The van der Waals surface area contributed by atoms with Crippen molar-refractivity contribution in [2.24, 2.45) is 0 Å². The van der Waals surface area contributed by atoms with Crippen LogP contribution in [0.25, 0.3) is 11.3 Å². The number of aromatic carboxylic acids is 1. The van der Waals surface area contributed by atoms with E-state index in [9.17, 15) is 14.7 Å². The van der Waals surface area contributed by atoms with Crippen LogP contribution in [0.1, 0.15) is 40.7 Å². The van der Waals surface area contributed by atoms with Gasteiger partial charge in [0.05, 0.1) is 19.4 Å². The maximum atomic E-state index is 12.5. The first-order chi connectivity index (χ1) is 14.5. The second-order valence-electron chi connectivity index (χ2n) is 7.47. The highest BCUT2D eigenvalue weighted by atomic mass is 32.2. The van der Waals surface area contributed by atoms with Gasteiger partial charge in [-0.15, -0.1) is 0 Å². The summed E-state index contributed by atoms with van der Waals surface area (Å²) in [7, 11) is 3.25. The maximum Gasteiger partial charge on any atom is 0.341 e. The van der Waals surface area contributed by atoms with Crippen molar-refractivity contribution in [3.8, 4) is 22.8 Å². The Hall–Kier alpha value is -2.45. The smallest absolute Gasteiger partial charge is 0.341 e. The predicted molar refractivity (Wildman–Crippen MR) is 115 cm³/mol. The maximum absolute atomic E-state index is 12.5. The molecule has 1 N–H and O–H groups in total. The lowest BCUT2D eigenvalue weighted by Crippen LogP contribution is -2.32. The van der Waals surface area contributed by atoms with Crippen molar-refractivity contribution in [1.82, 2.24) is 4.57 Å². The Balaban J connectivity index is 1.84. The molecule has 1 aromatic carbocycles. The number of aromatic nitrogens is 1. The predicted octanol–water partition coefficient (Wildman–Crippen LogP) is 3.41. The number of pyridine rings is 1. The molecule has 4 rings (SSSR count). The zero-order valence-corrected chi connectivity index (χ0v) is 17.9. The van der Waals surface area contributed by atoms with Crippen molar-refractivity contribution in [2.45, 2.75) is 24.8 Å². The SMILES string of the molecule is COCCCOc1cc2c(cc1OC)-c1cc(=O)c(C(=O)O)cn1[C@@H]1CCSC[C@H]21. The number of fused-ring (bicyclic) bond motifs is 6. The number of carboxylic acid groups (broad SMARTS) is 1. The molecule has 0 aliphatic carbocycles. The fraction of sp³-hybridized carbons (Fsp3) is 0.455. The number of hydrogen-bond donors (Lipinski definition) is 1. The summed E-state index contributed by atoms with van der Waals surface area (Å²) in [5, 5.41) is 9.43. The van der Waals surface area contributed by atoms with Gasteiger partial charge in [-0.1, -0.05) is 0 Å². The van der Waals surface area contributed by atoms with Crippen molar-refractivity contribution in [3.63, 3.8) is 0 Å². The number of carboxylic acids is 1. The lowest BCUT2D eigenvalue weighted by atomic mass is 9.82. The van der Waals surface area contributed by atoms with Gasteiger partial charge in [0.25, 0.3) is 0 Å². The summed E-state index contributed by atoms with van der Waals surface area (Å²) in [5.41, 5.74) is 2.08. The third-order valence-corrected chi connectivity index (χ3v) is 6.87. The number of benzene rings is 1. The summed E-state index contributed by atoms with van der Waals surface area (Å²) in [4.78, 5) is 24.0. The molecule has 0 radical (unpaired) electrons. The van der Waals surface area contributed by atoms with E-state index in [1.165, 1.54) is 12.3 Å². The van der Waals surface area contributed by atoms with Crippen molar-refractivity contribution in [3.05, 3.63) is 45.7 Å². The van der Waals surface area contributed by atoms with Crippen LogP contribution in [0, 0.1) is 0 Å². The Bertz CT molecular complexity index is 1020. The Morgan fingerprint density at radius 1 is 1.23 bits per heavy atom. The summed E-state index contributed by atoms with van der Waals surface area (Å²) in [5.74, 6) is 2.22. The molecular formula is C22H25NO6S. The van der Waals surface area contributed by atoms with Gasteiger partial charge >= 0.3 is 5.97 Å². The normalized spacial score (nSPS) is 19.4. The minimum Gasteiger partial charge on any atom is -0.493 e. The molecule has 1 saturated heterocycles. The molecule has 1 aromatic heterocycles. The highest BCUT2D eigenvalue weighted by molar-refractivity contribution is 7.99. The van der Waals surface area contributed by atoms with Gasteiger partial charge in [0.2, 0.25) is 0 Å². The van der Waals surface area contributed by atoms with E-state index in [1.807, 2.05) is 28.5 Å². The van der Waals surface area contributed by atoms with Crippen molar-refractivity contribution < 1.29 is 24.1 Å². The van der Waals surface area contributed by atoms with Crippen LogP contribution in [-0.4, -0.2) is 54.6 Å². The Morgan fingerprint density at radius 3 is 2.80 bits per heavy atom. The van der Waals surface area contributed by atoms with Crippen molar-refractivity contribution >= 4 is 17.7 Å². The average Bonchev–Trinajstić information content (AvgIpc) is 2.75. The average molecular weight is 432 g/mol. The fourth-order valence-electron chi connectivity index (χ4n) is 4.32. The van der Waals surface area contributed by atoms with E-state index in [0.29, 0.717) is 24.7 Å². The Labute approximate surface area is 179 Å². The molecule has 0 amide bonds. The van der Waals surface area contributed by atoms with Crippen molar-refractivity contribution in [2.75, 3.05) is 38.9 Å². The molecular weight excluding hydrogens is 406 g/mol. The lowest BCUT2D eigenvalue weighted by molar-refractivity contribution is 0.0694. The van der Waals surface area contributed by atoms with Crippen LogP contribution in [0.3, 0.4) is 0 Å². The number of hydrogen-bond acceptors (Lipinski definition) is 6. The lowest BCUT2D eigenvalue weighted by Gasteiger charge is -2.40. The standard InChI is InChI=1S/C22H25NO6S/c1-27-5-3-6-29-21-8-13-14(9-20(21)28-2)18-10-19(24)15(22(25)26)11-23(18)17-4-7-30-12-16(13)17/h8-11,16-17H,3-7,12H2,1-2H3,(H,25,26)/t16-,17-/m1/s1. The third-order valence-electron chi connectivity index (χ3n) is 5.75. The summed E-state index contributed by atoms with van der Waals surface area (Å²) in [6.45, 7) is 1.14. The number of rotatable bonds is 7. The van der Waals surface area contributed by atoms with Crippen LogP contribution in [0.2, 0.25) is 0 Å². The van der Waals surface area contributed by atoms with E-state index in [0.717, 1.165) is 41.2 Å². The highest BCUT2D eigenvalue weighted by Gasteiger charge is 2.37. The number of nitrogens with zero attached hydrogens (tertiary/aromatic N) is 1. The van der Waals surface area contributed by atoms with E-state index >= 15 is 0 Å². The minimum atomic E-state index is -1.19. The van der Waals surface area contributed by atoms with Gasteiger partial charge in [0.1, 0.15) is 5.56 Å². The largest absolute Gasteiger partial charge is 0.493 e. The second kappa shape index (κ2) is 8.73. The Morgan fingerprint density at radius 2 is 2.07 bits per heavy atom. The first-order valence-electron chi connectivity index (χ1n) is 9.96. The van der Waals surface area contributed by atoms with E-state index < -0.39 is 11.4 Å². The van der Waals surface area contributed by atoms with Gasteiger partial charge in [-0.25, -0.2) is 4.79 Å². The second-order valence-corrected chi connectivity index (χ2v) is 8.62. The van der Waals surface area contributed by atoms with Crippen LogP contribution >= 0.6 is 11.8 Å². The first-order valence-corrected chi connectivity index (χ1v) is 11.1. The van der Waals surface area contributed by atoms with Gasteiger partial charge in [-0.2, -0.15) is 11.8 Å². The number of methoxy groups -OCH3 is 2. The van der Waals surface area contributed by atoms with E-state index in [4.69, 9.17) is 14.2 Å². The van der Waals surface area contributed by atoms with Gasteiger partial charge in [-0.05, 0) is 29.9 Å². The molecule has 30 heavy (non-hydrogen) atoms. The zero-order valence-electron chi connectivity index (χ0n) is 17.1. The molecule has 0 bridgehead atoms. The van der Waals surface area contributed by atoms with Crippen LogP contribution in [0.15, 0.2) is 29.2 Å². The highest BCUT2D eigenvalue weighted by Crippen LogP contribution is 2.50. The quantitative estimate of drug-likeness (QED) is 0.672. The number of carbonyl (C=O) groups is 1. The summed E-state index contributed by atoms with van der Waals surface area (Å²) in [6.07, 6.45) is 3.20.